The molecule has 0 spiro atoms. The van der Waals surface area contributed by atoms with E-state index >= 15 is 0 Å². The fourth-order valence-electron chi connectivity index (χ4n) is 1.04. The number of hydrogen-bond donors (Lipinski definition) is 7. The normalized spacial score (nSPS) is 18.8. The van der Waals surface area contributed by atoms with E-state index in [1.807, 2.05) is 0 Å². The minimum absolute atomic E-state index is 0.206. The predicted molar refractivity (Wildman–Crippen MR) is 53.6 cm³/mol. The largest absolute Gasteiger partial charge is 0.480 e. The first-order chi connectivity index (χ1) is 7.40. The van der Waals surface area contributed by atoms with E-state index in [1.165, 1.54) is 0 Å². The minimum atomic E-state index is -1.55. The molecule has 8 nitrogen and oxygen atoms in total. The number of aliphatic carboxylic acids is 1. The van der Waals surface area contributed by atoms with Crippen LogP contribution in [0.3, 0.4) is 0 Å². The van der Waals surface area contributed by atoms with E-state index in [-0.39, 0.29) is 13.1 Å². The van der Waals surface area contributed by atoms with E-state index in [9.17, 15) is 20.1 Å². The van der Waals surface area contributed by atoms with Crippen LogP contribution in [0.15, 0.2) is 0 Å². The smallest absolute Gasteiger partial charge is 0.317 e. The predicted octanol–water partition coefficient (Wildman–Crippen LogP) is -3.94. The first kappa shape index (κ1) is 15.2. The molecule has 0 aromatic carbocycles. The van der Waals surface area contributed by atoms with Gasteiger partial charge in [-0.1, -0.05) is 0 Å². The highest BCUT2D eigenvalue weighted by Crippen LogP contribution is 2.02. The van der Waals surface area contributed by atoms with Gasteiger partial charge in [-0.3, -0.25) is 4.79 Å². The maximum absolute atomic E-state index is 10.1. The third-order valence-corrected chi connectivity index (χ3v) is 2.02. The zero-order valence-electron chi connectivity index (χ0n) is 8.65. The molecule has 0 radical (unpaired) electrons. The second-order valence-corrected chi connectivity index (χ2v) is 3.42. The SMILES string of the molecule is N[C@H](CO)[C@@H](O)[C@H](O)[C@@H](O)CNCC(=O)O. The molecule has 0 aliphatic heterocycles. The summed E-state index contributed by atoms with van der Waals surface area (Å²) in [6.45, 7) is -1.11. The van der Waals surface area contributed by atoms with Gasteiger partial charge >= 0.3 is 5.97 Å². The van der Waals surface area contributed by atoms with Crippen molar-refractivity contribution in [1.82, 2.24) is 5.32 Å². The number of nitrogens with one attached hydrogen (secondary N) is 1. The molecule has 0 saturated carbocycles. The lowest BCUT2D eigenvalue weighted by Crippen LogP contribution is -2.52. The Morgan fingerprint density at radius 2 is 1.81 bits per heavy atom. The van der Waals surface area contributed by atoms with E-state index in [1.54, 1.807) is 0 Å². The van der Waals surface area contributed by atoms with Crippen LogP contribution >= 0.6 is 0 Å². The number of aliphatic hydroxyl groups is 4. The maximum atomic E-state index is 10.1. The van der Waals surface area contributed by atoms with Gasteiger partial charge in [-0.25, -0.2) is 0 Å². The Bertz CT molecular complexity index is 215. The summed E-state index contributed by atoms with van der Waals surface area (Å²) in [4.78, 5) is 10.1. The van der Waals surface area contributed by atoms with Crippen LogP contribution in [0.4, 0.5) is 0 Å². The van der Waals surface area contributed by atoms with Crippen molar-refractivity contribution < 1.29 is 30.3 Å². The summed E-state index contributed by atoms with van der Waals surface area (Å²) < 4.78 is 0. The molecule has 0 heterocycles. The van der Waals surface area contributed by atoms with Crippen LogP contribution in [-0.4, -0.2) is 75.6 Å². The fourth-order valence-corrected chi connectivity index (χ4v) is 1.04. The van der Waals surface area contributed by atoms with E-state index in [4.69, 9.17) is 15.9 Å². The van der Waals surface area contributed by atoms with E-state index < -0.39 is 36.9 Å². The van der Waals surface area contributed by atoms with Gasteiger partial charge in [0.1, 0.15) is 6.10 Å². The average molecular weight is 238 g/mol. The van der Waals surface area contributed by atoms with Gasteiger partial charge in [0.2, 0.25) is 0 Å². The minimum Gasteiger partial charge on any atom is -0.480 e. The van der Waals surface area contributed by atoms with Crippen molar-refractivity contribution >= 4 is 5.97 Å². The molecule has 0 aliphatic rings. The van der Waals surface area contributed by atoms with Crippen LogP contribution in [0, 0.1) is 0 Å². The van der Waals surface area contributed by atoms with E-state index in [2.05, 4.69) is 5.32 Å². The monoisotopic (exact) mass is 238 g/mol. The summed E-state index contributed by atoms with van der Waals surface area (Å²) >= 11 is 0. The van der Waals surface area contributed by atoms with Crippen molar-refractivity contribution in [2.45, 2.75) is 24.4 Å². The quantitative estimate of drug-likeness (QED) is 0.226. The van der Waals surface area contributed by atoms with Crippen LogP contribution < -0.4 is 11.1 Å². The Morgan fingerprint density at radius 3 is 2.25 bits per heavy atom. The first-order valence-corrected chi connectivity index (χ1v) is 4.73. The molecule has 0 amide bonds. The first-order valence-electron chi connectivity index (χ1n) is 4.73. The fraction of sp³-hybridized carbons (Fsp3) is 0.875. The van der Waals surface area contributed by atoms with Crippen molar-refractivity contribution in [1.29, 1.82) is 0 Å². The lowest BCUT2D eigenvalue weighted by molar-refractivity contribution is -0.136. The Balaban J connectivity index is 3.97. The van der Waals surface area contributed by atoms with Gasteiger partial charge in [0.05, 0.1) is 31.4 Å². The number of hydrogen-bond acceptors (Lipinski definition) is 7. The van der Waals surface area contributed by atoms with Gasteiger partial charge in [-0.2, -0.15) is 0 Å². The van der Waals surface area contributed by atoms with Crippen LogP contribution in [-0.2, 0) is 4.79 Å². The van der Waals surface area contributed by atoms with Crippen LogP contribution in [0.5, 0.6) is 0 Å². The molecule has 0 rings (SSSR count). The summed E-state index contributed by atoms with van der Waals surface area (Å²) in [5.41, 5.74) is 5.25. The van der Waals surface area contributed by atoms with Gasteiger partial charge < -0.3 is 36.6 Å². The van der Waals surface area contributed by atoms with Crippen molar-refractivity contribution in [2.75, 3.05) is 19.7 Å². The molecular formula is C8H18N2O6. The third kappa shape index (κ3) is 5.35. The number of aliphatic hydroxyl groups excluding tert-OH is 4. The van der Waals surface area contributed by atoms with Crippen molar-refractivity contribution in [3.8, 4) is 0 Å². The zero-order chi connectivity index (χ0) is 12.7. The van der Waals surface area contributed by atoms with Crippen LogP contribution in [0.2, 0.25) is 0 Å². The molecule has 96 valence electrons. The molecule has 8 N–H and O–H groups in total. The second kappa shape index (κ2) is 7.49. The molecule has 0 unspecified atom stereocenters. The summed E-state index contributed by atoms with van der Waals surface area (Å²) in [5.74, 6) is -1.10. The Hall–Kier alpha value is -0.770. The summed E-state index contributed by atoms with van der Waals surface area (Å²) in [6, 6.07) is -1.07. The van der Waals surface area contributed by atoms with Gasteiger partial charge in [0, 0.05) is 6.54 Å². The van der Waals surface area contributed by atoms with E-state index in [0.29, 0.717) is 0 Å². The molecule has 8 heteroatoms. The molecule has 0 bridgehead atoms. The molecule has 0 saturated heterocycles. The number of carboxylic acids is 1. The average Bonchev–Trinajstić information content (AvgIpc) is 2.25. The van der Waals surface area contributed by atoms with Gasteiger partial charge in [-0.05, 0) is 0 Å². The summed E-state index contributed by atoms with van der Waals surface area (Å²) in [5, 5.41) is 47.3. The number of carboxylic acid groups (broad SMARTS) is 1. The second-order valence-electron chi connectivity index (χ2n) is 3.42. The molecule has 0 aromatic rings. The van der Waals surface area contributed by atoms with Gasteiger partial charge in [0.25, 0.3) is 0 Å². The highest BCUT2D eigenvalue weighted by molar-refractivity contribution is 5.68. The van der Waals surface area contributed by atoms with Gasteiger partial charge in [-0.15, -0.1) is 0 Å². The Kier molecular flexibility index (Phi) is 7.13. The Morgan fingerprint density at radius 1 is 1.25 bits per heavy atom. The number of carbonyl (C=O) groups is 1. The highest BCUT2D eigenvalue weighted by Gasteiger charge is 2.28. The molecular weight excluding hydrogens is 220 g/mol. The lowest BCUT2D eigenvalue weighted by atomic mass is 10.0. The number of rotatable bonds is 8. The zero-order valence-corrected chi connectivity index (χ0v) is 8.65. The third-order valence-electron chi connectivity index (χ3n) is 2.02. The molecule has 0 fully saturated rings. The van der Waals surface area contributed by atoms with Crippen LogP contribution in [0.25, 0.3) is 0 Å². The molecule has 16 heavy (non-hydrogen) atoms. The maximum Gasteiger partial charge on any atom is 0.317 e. The molecule has 0 aromatic heterocycles. The van der Waals surface area contributed by atoms with Crippen LogP contribution in [0.1, 0.15) is 0 Å². The van der Waals surface area contributed by atoms with Crippen molar-refractivity contribution in [3.05, 3.63) is 0 Å². The van der Waals surface area contributed by atoms with Gasteiger partial charge in [0.15, 0.2) is 0 Å². The topological polar surface area (TPSA) is 156 Å². The summed E-state index contributed by atoms with van der Waals surface area (Å²) in [6.07, 6.45) is -4.40. The van der Waals surface area contributed by atoms with Crippen molar-refractivity contribution in [2.24, 2.45) is 5.73 Å². The standard InChI is InChI=1S/C8H18N2O6/c9-4(3-11)7(15)8(16)5(12)1-10-2-6(13)14/h4-5,7-8,10-12,15-16H,1-3,9H2,(H,13,14)/t4-,5+,7-,8-/m1/s1. The van der Waals surface area contributed by atoms with Crippen molar-refractivity contribution in [3.63, 3.8) is 0 Å². The Labute approximate surface area is 92.3 Å². The lowest BCUT2D eigenvalue weighted by Gasteiger charge is -2.26. The molecule has 4 atom stereocenters. The van der Waals surface area contributed by atoms with E-state index in [0.717, 1.165) is 0 Å². The molecule has 0 aliphatic carbocycles. The summed E-state index contributed by atoms with van der Waals surface area (Å²) in [7, 11) is 0. The number of nitrogens with two attached hydrogens (primary N) is 1. The highest BCUT2D eigenvalue weighted by atomic mass is 16.4.